The van der Waals surface area contributed by atoms with E-state index in [1.165, 1.54) is 0 Å². The Morgan fingerprint density at radius 3 is 2.56 bits per heavy atom. The fourth-order valence-electron chi connectivity index (χ4n) is 1.21. The smallest absolute Gasteiger partial charge is 0.0892 e. The van der Waals surface area contributed by atoms with E-state index in [9.17, 15) is 0 Å². The second-order valence-corrected chi connectivity index (χ2v) is 2.72. The Balaban J connectivity index is 2.34. The van der Waals surface area contributed by atoms with Crippen LogP contribution in [0, 0.1) is 0 Å². The third kappa shape index (κ3) is 1.93. The molecule has 1 aliphatic rings. The SMILES string of the molecule is CC1CN(C)CN(C)O1. The molecular weight excluding hydrogens is 116 g/mol. The van der Waals surface area contributed by atoms with Gasteiger partial charge in [-0.05, 0) is 14.0 Å². The molecule has 0 aromatic heterocycles. The number of likely N-dealkylation sites (N-methyl/N-ethyl adjacent to an activating group) is 1. The lowest BCUT2D eigenvalue weighted by molar-refractivity contribution is -0.230. The van der Waals surface area contributed by atoms with Crippen molar-refractivity contribution in [3.63, 3.8) is 0 Å². The highest BCUT2D eigenvalue weighted by Crippen LogP contribution is 2.04. The van der Waals surface area contributed by atoms with Gasteiger partial charge in [0.25, 0.3) is 0 Å². The maximum Gasteiger partial charge on any atom is 0.0892 e. The zero-order valence-corrected chi connectivity index (χ0v) is 6.29. The fourth-order valence-corrected chi connectivity index (χ4v) is 1.21. The van der Waals surface area contributed by atoms with Gasteiger partial charge < -0.3 is 0 Å². The van der Waals surface area contributed by atoms with Crippen molar-refractivity contribution < 1.29 is 4.84 Å². The van der Waals surface area contributed by atoms with E-state index in [0.29, 0.717) is 6.10 Å². The third-order valence-electron chi connectivity index (χ3n) is 1.37. The van der Waals surface area contributed by atoms with Crippen LogP contribution in [0.1, 0.15) is 6.92 Å². The summed E-state index contributed by atoms with van der Waals surface area (Å²) in [6.07, 6.45) is 0.341. The molecule has 1 unspecified atom stereocenters. The molecular formula is C6H14N2O. The van der Waals surface area contributed by atoms with Crippen LogP contribution in [0.25, 0.3) is 0 Å². The zero-order valence-electron chi connectivity index (χ0n) is 6.29. The van der Waals surface area contributed by atoms with Crippen molar-refractivity contribution in [3.05, 3.63) is 0 Å². The Morgan fingerprint density at radius 2 is 2.11 bits per heavy atom. The van der Waals surface area contributed by atoms with Crippen LogP contribution < -0.4 is 0 Å². The van der Waals surface area contributed by atoms with Crippen molar-refractivity contribution in [2.75, 3.05) is 27.3 Å². The fraction of sp³-hybridized carbons (Fsp3) is 1.00. The highest BCUT2D eigenvalue weighted by Gasteiger charge is 2.16. The minimum absolute atomic E-state index is 0.341. The number of hydroxylamine groups is 2. The van der Waals surface area contributed by atoms with Gasteiger partial charge in [-0.3, -0.25) is 9.74 Å². The standard InChI is InChI=1S/C6H14N2O/c1-6-4-7(2)5-8(3)9-6/h6H,4-5H2,1-3H3. The second kappa shape index (κ2) is 2.64. The van der Waals surface area contributed by atoms with Gasteiger partial charge in [0, 0.05) is 13.6 Å². The van der Waals surface area contributed by atoms with Crippen molar-refractivity contribution >= 4 is 0 Å². The lowest BCUT2D eigenvalue weighted by atomic mass is 10.4. The molecule has 0 spiro atoms. The summed E-state index contributed by atoms with van der Waals surface area (Å²) in [6.45, 7) is 4.01. The van der Waals surface area contributed by atoms with E-state index in [1.807, 2.05) is 12.1 Å². The topological polar surface area (TPSA) is 15.7 Å². The van der Waals surface area contributed by atoms with E-state index in [0.717, 1.165) is 13.2 Å². The quantitative estimate of drug-likeness (QED) is 0.464. The van der Waals surface area contributed by atoms with Crippen LogP contribution in [0.15, 0.2) is 0 Å². The van der Waals surface area contributed by atoms with Crippen LogP contribution in [-0.2, 0) is 4.84 Å². The Labute approximate surface area is 56.1 Å². The van der Waals surface area contributed by atoms with Gasteiger partial charge >= 0.3 is 0 Å². The van der Waals surface area contributed by atoms with Gasteiger partial charge in [0.1, 0.15) is 0 Å². The lowest BCUT2D eigenvalue weighted by Crippen LogP contribution is -2.45. The molecule has 3 heteroatoms. The number of hydrogen-bond acceptors (Lipinski definition) is 3. The minimum Gasteiger partial charge on any atom is -0.294 e. The van der Waals surface area contributed by atoms with Crippen LogP contribution in [0.3, 0.4) is 0 Å². The van der Waals surface area contributed by atoms with Crippen LogP contribution in [0.2, 0.25) is 0 Å². The van der Waals surface area contributed by atoms with Crippen molar-refractivity contribution in [1.29, 1.82) is 0 Å². The first-order valence-corrected chi connectivity index (χ1v) is 3.25. The Bertz CT molecular complexity index is 72.0. The summed E-state index contributed by atoms with van der Waals surface area (Å²) in [5.41, 5.74) is 0. The highest BCUT2D eigenvalue weighted by atomic mass is 16.7. The number of rotatable bonds is 0. The maximum absolute atomic E-state index is 5.35. The van der Waals surface area contributed by atoms with Crippen molar-refractivity contribution in [3.8, 4) is 0 Å². The molecule has 1 fully saturated rings. The molecule has 3 nitrogen and oxygen atoms in total. The molecule has 0 aromatic rings. The largest absolute Gasteiger partial charge is 0.294 e. The van der Waals surface area contributed by atoms with Gasteiger partial charge in [0.2, 0.25) is 0 Å². The second-order valence-electron chi connectivity index (χ2n) is 2.72. The first kappa shape index (κ1) is 6.99. The number of nitrogens with zero attached hydrogens (tertiary/aromatic N) is 2. The van der Waals surface area contributed by atoms with Crippen LogP contribution >= 0.6 is 0 Å². The van der Waals surface area contributed by atoms with E-state index < -0.39 is 0 Å². The molecule has 0 bridgehead atoms. The summed E-state index contributed by atoms with van der Waals surface area (Å²) in [7, 11) is 4.04. The monoisotopic (exact) mass is 130 g/mol. The molecule has 1 heterocycles. The molecule has 1 atom stereocenters. The molecule has 1 rings (SSSR count). The average molecular weight is 130 g/mol. The summed E-state index contributed by atoms with van der Waals surface area (Å²) in [4.78, 5) is 7.58. The van der Waals surface area contributed by atoms with Gasteiger partial charge in [0.05, 0.1) is 12.8 Å². The maximum atomic E-state index is 5.35. The minimum atomic E-state index is 0.341. The number of hydrogen-bond donors (Lipinski definition) is 0. The Hall–Kier alpha value is -0.120. The average Bonchev–Trinajstić information content (AvgIpc) is 1.59. The molecule has 9 heavy (non-hydrogen) atoms. The van der Waals surface area contributed by atoms with Crippen molar-refractivity contribution in [1.82, 2.24) is 9.96 Å². The van der Waals surface area contributed by atoms with E-state index in [1.54, 1.807) is 0 Å². The summed E-state index contributed by atoms with van der Waals surface area (Å²) in [5, 5.41) is 1.86. The van der Waals surface area contributed by atoms with Crippen molar-refractivity contribution in [2.45, 2.75) is 13.0 Å². The molecule has 0 N–H and O–H groups in total. The van der Waals surface area contributed by atoms with Gasteiger partial charge in [0.15, 0.2) is 0 Å². The molecule has 0 amide bonds. The predicted octanol–water partition coefficient (Wildman–Crippen LogP) is 0.141. The first-order valence-electron chi connectivity index (χ1n) is 3.25. The summed E-state index contributed by atoms with van der Waals surface area (Å²) in [5.74, 6) is 0. The lowest BCUT2D eigenvalue weighted by Gasteiger charge is -2.33. The van der Waals surface area contributed by atoms with Crippen LogP contribution in [-0.4, -0.2) is 43.4 Å². The summed E-state index contributed by atoms with van der Waals surface area (Å²) < 4.78 is 0. The van der Waals surface area contributed by atoms with Gasteiger partial charge in [-0.25, -0.2) is 0 Å². The highest BCUT2D eigenvalue weighted by molar-refractivity contribution is 4.59. The Kier molecular flexibility index (Phi) is 2.05. The van der Waals surface area contributed by atoms with E-state index >= 15 is 0 Å². The van der Waals surface area contributed by atoms with Gasteiger partial charge in [-0.15, -0.1) is 0 Å². The van der Waals surface area contributed by atoms with Crippen molar-refractivity contribution in [2.24, 2.45) is 0 Å². The molecule has 0 saturated carbocycles. The molecule has 0 radical (unpaired) electrons. The van der Waals surface area contributed by atoms with E-state index in [4.69, 9.17) is 4.84 Å². The molecule has 54 valence electrons. The van der Waals surface area contributed by atoms with Gasteiger partial charge in [-0.1, -0.05) is 0 Å². The molecule has 1 saturated heterocycles. The van der Waals surface area contributed by atoms with E-state index in [2.05, 4.69) is 18.9 Å². The molecule has 0 aliphatic carbocycles. The predicted molar refractivity (Wildman–Crippen MR) is 35.8 cm³/mol. The molecule has 0 aromatic carbocycles. The first-order chi connectivity index (χ1) is 4.18. The van der Waals surface area contributed by atoms with E-state index in [-0.39, 0.29) is 0 Å². The van der Waals surface area contributed by atoms with Crippen LogP contribution in [0.4, 0.5) is 0 Å². The van der Waals surface area contributed by atoms with Gasteiger partial charge in [-0.2, -0.15) is 5.06 Å². The van der Waals surface area contributed by atoms with Crippen LogP contribution in [0.5, 0.6) is 0 Å². The zero-order chi connectivity index (χ0) is 6.85. The molecule has 1 aliphatic heterocycles. The summed E-state index contributed by atoms with van der Waals surface area (Å²) in [6, 6.07) is 0. The normalized spacial score (nSPS) is 33.0. The third-order valence-corrected chi connectivity index (χ3v) is 1.37. The Morgan fingerprint density at radius 1 is 1.44 bits per heavy atom. The summed E-state index contributed by atoms with van der Waals surface area (Å²) >= 11 is 0.